The van der Waals surface area contributed by atoms with Gasteiger partial charge >= 0.3 is 0 Å². The molecule has 1 aromatic heterocycles. The molecule has 1 fully saturated rings. The van der Waals surface area contributed by atoms with Gasteiger partial charge in [-0.25, -0.2) is 4.98 Å². The van der Waals surface area contributed by atoms with Gasteiger partial charge in [0.15, 0.2) is 0 Å². The van der Waals surface area contributed by atoms with Gasteiger partial charge in [-0.1, -0.05) is 36.4 Å². The zero-order valence-electron chi connectivity index (χ0n) is 17.6. The number of carbonyl (C=O) groups excluding carboxylic acids is 2. The van der Waals surface area contributed by atoms with Gasteiger partial charge in [0.1, 0.15) is 0 Å². The van der Waals surface area contributed by atoms with E-state index in [2.05, 4.69) is 34.6 Å². The third-order valence-electron chi connectivity index (χ3n) is 5.80. The van der Waals surface area contributed by atoms with Crippen molar-refractivity contribution in [3.63, 3.8) is 0 Å². The lowest BCUT2D eigenvalue weighted by Gasteiger charge is -2.25. The fourth-order valence-electron chi connectivity index (χ4n) is 4.15. The molecule has 2 amide bonds. The lowest BCUT2D eigenvalue weighted by atomic mass is 10.0. The van der Waals surface area contributed by atoms with E-state index in [1.165, 1.54) is 5.56 Å². The molecule has 4 rings (SSSR count). The van der Waals surface area contributed by atoms with Gasteiger partial charge in [-0.3, -0.25) is 9.59 Å². The smallest absolute Gasteiger partial charge is 0.254 e. The molecular formula is C25H28N4O2. The average molecular weight is 417 g/mol. The maximum Gasteiger partial charge on any atom is 0.254 e. The first-order valence-corrected chi connectivity index (χ1v) is 10.9. The number of anilines is 1. The molecule has 0 bridgehead atoms. The Kier molecular flexibility index (Phi) is 6.77. The lowest BCUT2D eigenvalue weighted by Crippen LogP contribution is -2.35. The molecule has 0 aliphatic carbocycles. The zero-order chi connectivity index (χ0) is 21.5. The Hall–Kier alpha value is -3.41. The summed E-state index contributed by atoms with van der Waals surface area (Å²) in [6.07, 6.45) is 9.59. The molecule has 1 N–H and O–H groups in total. The maximum absolute atomic E-state index is 13.2. The van der Waals surface area contributed by atoms with Gasteiger partial charge in [-0.05, 0) is 49.4 Å². The first kappa shape index (κ1) is 20.8. The second-order valence-corrected chi connectivity index (χ2v) is 8.00. The summed E-state index contributed by atoms with van der Waals surface area (Å²) < 4.78 is 1.86. The molecule has 2 heterocycles. The van der Waals surface area contributed by atoms with E-state index >= 15 is 0 Å². The van der Waals surface area contributed by atoms with Crippen LogP contribution in [0.3, 0.4) is 0 Å². The molecule has 3 aromatic rings. The summed E-state index contributed by atoms with van der Waals surface area (Å²) in [5, 5.41) is 2.90. The molecule has 1 unspecified atom stereocenters. The van der Waals surface area contributed by atoms with Gasteiger partial charge < -0.3 is 14.8 Å². The first-order valence-electron chi connectivity index (χ1n) is 10.9. The van der Waals surface area contributed by atoms with E-state index < -0.39 is 0 Å². The van der Waals surface area contributed by atoms with Gasteiger partial charge in [0.25, 0.3) is 5.91 Å². The summed E-state index contributed by atoms with van der Waals surface area (Å²) in [4.78, 5) is 31.4. The predicted octanol–water partition coefficient (Wildman–Crippen LogP) is 4.15. The van der Waals surface area contributed by atoms with Crippen molar-refractivity contribution in [1.29, 1.82) is 0 Å². The fraction of sp³-hybridized carbons (Fsp3) is 0.320. The molecule has 0 spiro atoms. The molecule has 31 heavy (non-hydrogen) atoms. The van der Waals surface area contributed by atoms with Crippen LogP contribution in [0, 0.1) is 0 Å². The second-order valence-electron chi connectivity index (χ2n) is 8.00. The van der Waals surface area contributed by atoms with Crippen LogP contribution in [0.15, 0.2) is 73.3 Å². The van der Waals surface area contributed by atoms with E-state index in [1.807, 2.05) is 39.9 Å². The van der Waals surface area contributed by atoms with Crippen molar-refractivity contribution >= 4 is 17.5 Å². The lowest BCUT2D eigenvalue weighted by molar-refractivity contribution is -0.116. The van der Waals surface area contributed by atoms with Crippen LogP contribution < -0.4 is 5.32 Å². The molecule has 160 valence electrons. The van der Waals surface area contributed by atoms with Gasteiger partial charge in [-0.15, -0.1) is 0 Å². The summed E-state index contributed by atoms with van der Waals surface area (Å²) >= 11 is 0. The van der Waals surface area contributed by atoms with E-state index in [9.17, 15) is 9.59 Å². The summed E-state index contributed by atoms with van der Waals surface area (Å²) in [5.74, 6) is -0.0368. The topological polar surface area (TPSA) is 67.2 Å². The molecule has 0 saturated carbocycles. The van der Waals surface area contributed by atoms with Crippen molar-refractivity contribution in [2.45, 2.75) is 44.7 Å². The Morgan fingerprint density at radius 2 is 1.97 bits per heavy atom. The van der Waals surface area contributed by atoms with Gasteiger partial charge in [-0.2, -0.15) is 0 Å². The number of carbonyl (C=O) groups is 2. The minimum atomic E-state index is -0.0831. The van der Waals surface area contributed by atoms with Crippen LogP contribution in [0.1, 0.15) is 41.6 Å². The normalized spacial score (nSPS) is 15.7. The maximum atomic E-state index is 13.2. The summed E-state index contributed by atoms with van der Waals surface area (Å²) in [7, 11) is 0. The van der Waals surface area contributed by atoms with Crippen LogP contribution in [0.5, 0.6) is 0 Å². The third-order valence-corrected chi connectivity index (χ3v) is 5.80. The summed E-state index contributed by atoms with van der Waals surface area (Å²) in [5.41, 5.74) is 2.59. The SMILES string of the molecule is O=C(CCn1ccnc1)Nc1cccc(C(=O)N2CCCC2CCc2ccccc2)c1. The van der Waals surface area contributed by atoms with Crippen molar-refractivity contribution < 1.29 is 9.59 Å². The average Bonchev–Trinajstić information content (AvgIpc) is 3.49. The zero-order valence-corrected chi connectivity index (χ0v) is 17.6. The molecular weight excluding hydrogens is 388 g/mol. The van der Waals surface area contributed by atoms with Crippen LogP contribution in [0.4, 0.5) is 5.69 Å². The van der Waals surface area contributed by atoms with Crippen LogP contribution in [-0.2, 0) is 17.8 Å². The Bertz CT molecular complexity index is 1000. The number of hydrogen-bond donors (Lipinski definition) is 1. The minimum Gasteiger partial charge on any atom is -0.337 e. The molecule has 1 atom stereocenters. The highest BCUT2D eigenvalue weighted by atomic mass is 16.2. The Morgan fingerprint density at radius 3 is 2.77 bits per heavy atom. The van der Waals surface area contributed by atoms with E-state index in [0.717, 1.165) is 32.2 Å². The van der Waals surface area contributed by atoms with Crippen LogP contribution in [0.25, 0.3) is 0 Å². The first-order chi connectivity index (χ1) is 15.2. The highest BCUT2D eigenvalue weighted by Gasteiger charge is 2.29. The number of hydrogen-bond acceptors (Lipinski definition) is 3. The van der Waals surface area contributed by atoms with Gasteiger partial charge in [0.05, 0.1) is 6.33 Å². The van der Waals surface area contributed by atoms with E-state index in [1.54, 1.807) is 18.6 Å². The van der Waals surface area contributed by atoms with Crippen LogP contribution in [0.2, 0.25) is 0 Å². The third kappa shape index (κ3) is 5.60. The highest BCUT2D eigenvalue weighted by Crippen LogP contribution is 2.25. The molecule has 1 saturated heterocycles. The minimum absolute atomic E-state index is 0.0464. The number of amides is 2. The van der Waals surface area contributed by atoms with Crippen molar-refractivity contribution in [3.05, 3.63) is 84.4 Å². The van der Waals surface area contributed by atoms with Crippen LogP contribution >= 0.6 is 0 Å². The van der Waals surface area contributed by atoms with E-state index in [0.29, 0.717) is 24.2 Å². The van der Waals surface area contributed by atoms with Crippen molar-refractivity contribution in [2.75, 3.05) is 11.9 Å². The Balaban J connectivity index is 1.34. The molecule has 0 radical (unpaired) electrons. The quantitative estimate of drug-likeness (QED) is 0.600. The highest BCUT2D eigenvalue weighted by molar-refractivity contribution is 5.97. The number of nitrogens with one attached hydrogen (secondary N) is 1. The molecule has 1 aliphatic heterocycles. The number of aromatic nitrogens is 2. The van der Waals surface area contributed by atoms with Crippen molar-refractivity contribution in [2.24, 2.45) is 0 Å². The van der Waals surface area contributed by atoms with Gasteiger partial charge in [0, 0.05) is 49.2 Å². The Morgan fingerprint density at radius 1 is 1.10 bits per heavy atom. The molecule has 6 heteroatoms. The Labute approximate surface area is 182 Å². The second kappa shape index (κ2) is 10.1. The number of benzene rings is 2. The fourth-order valence-corrected chi connectivity index (χ4v) is 4.15. The number of imidazole rings is 1. The number of aryl methyl sites for hydroxylation is 2. The molecule has 6 nitrogen and oxygen atoms in total. The van der Waals surface area contributed by atoms with Crippen LogP contribution in [-0.4, -0.2) is 38.9 Å². The number of likely N-dealkylation sites (tertiary alicyclic amines) is 1. The van der Waals surface area contributed by atoms with Crippen molar-refractivity contribution in [1.82, 2.24) is 14.5 Å². The van der Waals surface area contributed by atoms with Gasteiger partial charge in [0.2, 0.25) is 5.91 Å². The largest absolute Gasteiger partial charge is 0.337 e. The monoisotopic (exact) mass is 416 g/mol. The summed E-state index contributed by atoms with van der Waals surface area (Å²) in [6, 6.07) is 17.9. The van der Waals surface area contributed by atoms with E-state index in [4.69, 9.17) is 0 Å². The number of nitrogens with zero attached hydrogens (tertiary/aromatic N) is 3. The van der Waals surface area contributed by atoms with Crippen molar-refractivity contribution in [3.8, 4) is 0 Å². The molecule has 2 aromatic carbocycles. The predicted molar refractivity (Wildman–Crippen MR) is 121 cm³/mol. The number of rotatable bonds is 8. The van der Waals surface area contributed by atoms with E-state index in [-0.39, 0.29) is 17.9 Å². The standard InChI is InChI=1S/C25H28N4O2/c30-24(13-16-28-17-14-26-19-28)27-22-9-4-8-21(18-22)25(31)29-15-5-10-23(29)12-11-20-6-2-1-3-7-20/h1-4,6-9,14,17-19,23H,5,10-13,15-16H2,(H,27,30). The summed E-state index contributed by atoms with van der Waals surface area (Å²) in [6.45, 7) is 1.36. The molecule has 1 aliphatic rings.